The van der Waals surface area contributed by atoms with E-state index in [1.54, 1.807) is 24.3 Å². The molecule has 8 heteroatoms. The van der Waals surface area contributed by atoms with Gasteiger partial charge in [-0.05, 0) is 11.1 Å². The van der Waals surface area contributed by atoms with Crippen molar-refractivity contribution in [1.29, 1.82) is 0 Å². The Hall–Kier alpha value is -2.77. The Morgan fingerprint density at radius 2 is 1.81 bits per heavy atom. The highest BCUT2D eigenvalue weighted by atomic mass is 16.5. The lowest BCUT2D eigenvalue weighted by atomic mass is 10.0. The van der Waals surface area contributed by atoms with Crippen molar-refractivity contribution in [2.24, 2.45) is 5.73 Å². The van der Waals surface area contributed by atoms with Crippen LogP contribution in [0.1, 0.15) is 11.1 Å². The van der Waals surface area contributed by atoms with Crippen LogP contribution in [0.2, 0.25) is 0 Å². The highest BCUT2D eigenvalue weighted by Gasteiger charge is 2.07. The van der Waals surface area contributed by atoms with Crippen LogP contribution in [-0.2, 0) is 22.5 Å². The fourth-order valence-corrected chi connectivity index (χ4v) is 1.62. The number of carbonyl (C=O) groups excluding carboxylic acids is 2. The molecule has 0 aliphatic carbocycles. The van der Waals surface area contributed by atoms with Crippen molar-refractivity contribution in [2.45, 2.75) is 13.0 Å². The Morgan fingerprint density at radius 1 is 1.14 bits per heavy atom. The van der Waals surface area contributed by atoms with Crippen molar-refractivity contribution < 1.29 is 24.2 Å². The van der Waals surface area contributed by atoms with Crippen LogP contribution in [0.25, 0.3) is 0 Å². The summed E-state index contributed by atoms with van der Waals surface area (Å²) < 4.78 is 4.45. The largest absolute Gasteiger partial charge is 0.481 e. The number of nitrogens with two attached hydrogens (primary N) is 1. The van der Waals surface area contributed by atoms with Crippen LogP contribution < -0.4 is 16.4 Å². The zero-order valence-corrected chi connectivity index (χ0v) is 11.3. The number of rotatable bonds is 7. The van der Waals surface area contributed by atoms with Crippen molar-refractivity contribution in [3.05, 3.63) is 35.4 Å². The molecular weight excluding hydrogens is 278 g/mol. The summed E-state index contributed by atoms with van der Waals surface area (Å²) in [7, 11) is 0. The summed E-state index contributed by atoms with van der Waals surface area (Å²) in [6.07, 6.45) is -1.01. The number of primary amides is 1. The molecule has 0 radical (unpaired) electrons. The van der Waals surface area contributed by atoms with E-state index < -0.39 is 18.1 Å². The van der Waals surface area contributed by atoms with Gasteiger partial charge in [0, 0.05) is 6.54 Å². The Kier molecular flexibility index (Phi) is 6.52. The van der Waals surface area contributed by atoms with Gasteiger partial charge in [-0.25, -0.2) is 9.59 Å². The quantitative estimate of drug-likeness (QED) is 0.534. The minimum absolute atomic E-state index is 0.0155. The molecule has 8 nitrogen and oxygen atoms in total. The van der Waals surface area contributed by atoms with Crippen molar-refractivity contribution >= 4 is 18.1 Å². The van der Waals surface area contributed by atoms with Crippen LogP contribution in [0.3, 0.4) is 0 Å². The highest BCUT2D eigenvalue weighted by Crippen LogP contribution is 2.09. The summed E-state index contributed by atoms with van der Waals surface area (Å²) in [5, 5.41) is 13.9. The van der Waals surface area contributed by atoms with E-state index in [0.717, 1.165) is 5.56 Å². The van der Waals surface area contributed by atoms with Gasteiger partial charge in [0.25, 0.3) is 0 Å². The third-order valence-electron chi connectivity index (χ3n) is 2.53. The summed E-state index contributed by atoms with van der Waals surface area (Å²) in [5.74, 6) is -0.935. The minimum Gasteiger partial charge on any atom is -0.481 e. The lowest BCUT2D eigenvalue weighted by Crippen LogP contribution is -2.37. The first-order valence-electron chi connectivity index (χ1n) is 6.21. The summed E-state index contributed by atoms with van der Waals surface area (Å²) in [6, 6.07) is 6.50. The average molecular weight is 295 g/mol. The molecule has 5 N–H and O–H groups in total. The van der Waals surface area contributed by atoms with E-state index in [2.05, 4.69) is 15.4 Å². The van der Waals surface area contributed by atoms with E-state index in [-0.39, 0.29) is 26.1 Å². The molecule has 0 unspecified atom stereocenters. The van der Waals surface area contributed by atoms with Crippen LogP contribution in [0.15, 0.2) is 24.3 Å². The number of carboxylic acids is 1. The maximum atomic E-state index is 11.5. The van der Waals surface area contributed by atoms with Gasteiger partial charge in [-0.3, -0.25) is 4.79 Å². The number of urea groups is 1. The van der Waals surface area contributed by atoms with Gasteiger partial charge in [-0.2, -0.15) is 0 Å². The van der Waals surface area contributed by atoms with Crippen LogP contribution in [-0.4, -0.2) is 36.4 Å². The monoisotopic (exact) mass is 295 g/mol. The van der Waals surface area contributed by atoms with Crippen LogP contribution in [0.4, 0.5) is 9.59 Å². The third-order valence-corrected chi connectivity index (χ3v) is 2.53. The Morgan fingerprint density at radius 3 is 2.43 bits per heavy atom. The topological polar surface area (TPSA) is 131 Å². The molecular formula is C13H17N3O5. The lowest BCUT2D eigenvalue weighted by Gasteiger charge is -2.10. The van der Waals surface area contributed by atoms with Crippen molar-refractivity contribution in [3.8, 4) is 0 Å². The van der Waals surface area contributed by atoms with E-state index >= 15 is 0 Å². The predicted octanol–water partition coefficient (Wildman–Crippen LogP) is 0.208. The number of carboxylic acid groups (broad SMARTS) is 1. The third kappa shape index (κ3) is 6.81. The van der Waals surface area contributed by atoms with Crippen molar-refractivity contribution in [3.63, 3.8) is 0 Å². The number of carbonyl (C=O) groups is 3. The van der Waals surface area contributed by atoms with Crippen molar-refractivity contribution in [2.75, 3.05) is 13.2 Å². The molecule has 3 amide bonds. The zero-order valence-electron chi connectivity index (χ0n) is 11.3. The maximum Gasteiger partial charge on any atom is 0.404 e. The molecule has 0 heterocycles. The molecule has 0 bridgehead atoms. The van der Waals surface area contributed by atoms with E-state index in [9.17, 15) is 14.4 Å². The first-order chi connectivity index (χ1) is 9.99. The molecule has 1 aromatic carbocycles. The summed E-state index contributed by atoms with van der Waals surface area (Å²) >= 11 is 0. The molecule has 0 saturated carbocycles. The summed E-state index contributed by atoms with van der Waals surface area (Å²) in [4.78, 5) is 32.5. The van der Waals surface area contributed by atoms with Crippen LogP contribution in [0.5, 0.6) is 0 Å². The SMILES string of the molecule is NC(=O)OCCNC(=O)NCc1ccccc1CC(=O)O. The van der Waals surface area contributed by atoms with E-state index in [4.69, 9.17) is 10.8 Å². The Labute approximate surface area is 121 Å². The van der Waals surface area contributed by atoms with Gasteiger partial charge in [0.05, 0.1) is 13.0 Å². The van der Waals surface area contributed by atoms with Gasteiger partial charge in [0.2, 0.25) is 0 Å². The molecule has 0 aliphatic heterocycles. The smallest absolute Gasteiger partial charge is 0.404 e. The molecule has 0 aromatic heterocycles. The molecule has 0 aliphatic rings. The first-order valence-corrected chi connectivity index (χ1v) is 6.21. The average Bonchev–Trinajstić information content (AvgIpc) is 2.42. The molecule has 1 aromatic rings. The van der Waals surface area contributed by atoms with Crippen LogP contribution in [0, 0.1) is 0 Å². The second kappa shape index (κ2) is 8.41. The molecule has 0 atom stereocenters. The number of benzene rings is 1. The van der Waals surface area contributed by atoms with E-state index in [0.29, 0.717) is 5.56 Å². The van der Waals surface area contributed by atoms with Gasteiger partial charge in [-0.15, -0.1) is 0 Å². The number of amides is 3. The zero-order chi connectivity index (χ0) is 15.7. The second-order valence-corrected chi connectivity index (χ2v) is 4.12. The number of ether oxygens (including phenoxy) is 1. The normalized spacial score (nSPS) is 9.71. The fraction of sp³-hybridized carbons (Fsp3) is 0.308. The molecule has 21 heavy (non-hydrogen) atoms. The first kappa shape index (κ1) is 16.3. The Bertz CT molecular complexity index is 518. The second-order valence-electron chi connectivity index (χ2n) is 4.12. The Balaban J connectivity index is 2.39. The molecule has 0 fully saturated rings. The van der Waals surface area contributed by atoms with Crippen LogP contribution >= 0.6 is 0 Å². The summed E-state index contributed by atoms with van der Waals surface area (Å²) in [6.45, 7) is 0.315. The number of aliphatic carboxylic acids is 1. The maximum absolute atomic E-state index is 11.5. The van der Waals surface area contributed by atoms with Gasteiger partial charge in [0.15, 0.2) is 0 Å². The van der Waals surface area contributed by atoms with Gasteiger partial charge >= 0.3 is 18.1 Å². The van der Waals surface area contributed by atoms with Gasteiger partial charge in [-0.1, -0.05) is 24.3 Å². The molecule has 0 spiro atoms. The van der Waals surface area contributed by atoms with Gasteiger partial charge < -0.3 is 26.2 Å². The summed E-state index contributed by atoms with van der Waals surface area (Å²) in [5.41, 5.74) is 6.13. The van der Waals surface area contributed by atoms with E-state index in [1.165, 1.54) is 0 Å². The van der Waals surface area contributed by atoms with E-state index in [1.807, 2.05) is 0 Å². The number of nitrogens with one attached hydrogen (secondary N) is 2. The lowest BCUT2D eigenvalue weighted by molar-refractivity contribution is -0.136. The number of hydrogen-bond donors (Lipinski definition) is 4. The standard InChI is InChI=1S/C13H17N3O5/c14-12(19)21-6-5-15-13(20)16-8-10-4-2-1-3-9(10)7-11(17)18/h1-4H,5-8H2,(H2,14,19)(H,17,18)(H2,15,16,20). The molecule has 114 valence electrons. The number of hydrogen-bond acceptors (Lipinski definition) is 4. The van der Waals surface area contributed by atoms with Crippen molar-refractivity contribution in [1.82, 2.24) is 10.6 Å². The van der Waals surface area contributed by atoms with Gasteiger partial charge in [0.1, 0.15) is 6.61 Å². The fourth-order valence-electron chi connectivity index (χ4n) is 1.62. The molecule has 0 saturated heterocycles. The predicted molar refractivity (Wildman–Crippen MR) is 73.6 cm³/mol. The highest BCUT2D eigenvalue weighted by molar-refractivity contribution is 5.74. The minimum atomic E-state index is -0.935. The molecule has 1 rings (SSSR count).